The first-order valence-electron chi connectivity index (χ1n) is 6.85. The van der Waals surface area contributed by atoms with E-state index in [-0.39, 0.29) is 5.91 Å². The van der Waals surface area contributed by atoms with Gasteiger partial charge in [-0.2, -0.15) is 0 Å². The van der Waals surface area contributed by atoms with Gasteiger partial charge in [-0.05, 0) is 30.7 Å². The third-order valence-electron chi connectivity index (χ3n) is 3.07. The van der Waals surface area contributed by atoms with Crippen molar-refractivity contribution in [3.63, 3.8) is 0 Å². The van der Waals surface area contributed by atoms with E-state index in [1.165, 1.54) is 6.20 Å². The maximum atomic E-state index is 12.2. The summed E-state index contributed by atoms with van der Waals surface area (Å²) in [5.41, 5.74) is 2.86. The number of anilines is 2. The van der Waals surface area contributed by atoms with Crippen LogP contribution in [-0.4, -0.2) is 31.2 Å². The monoisotopic (exact) mass is 319 g/mol. The second-order valence-electron chi connectivity index (χ2n) is 4.80. The maximum Gasteiger partial charge on any atom is 0.257 e. The summed E-state index contributed by atoms with van der Waals surface area (Å²) in [6, 6.07) is 7.14. The highest BCUT2D eigenvalue weighted by Gasteiger charge is 2.08. The number of benzene rings is 1. The minimum absolute atomic E-state index is 0.234. The standard InChI is InChI=1S/C16H18ClN3O2/c1-11-3-4-13(8-15(11)17)20-16(21)12-7-14(10-18-9-12)19-5-6-22-2/h3-4,7-10,19H,5-6H2,1-2H3,(H,20,21). The largest absolute Gasteiger partial charge is 0.383 e. The Morgan fingerprint density at radius 1 is 1.27 bits per heavy atom. The van der Waals surface area contributed by atoms with Gasteiger partial charge in [0.2, 0.25) is 0 Å². The quantitative estimate of drug-likeness (QED) is 0.801. The van der Waals surface area contributed by atoms with Gasteiger partial charge in [0.1, 0.15) is 0 Å². The Morgan fingerprint density at radius 2 is 2.09 bits per heavy atom. The second-order valence-corrected chi connectivity index (χ2v) is 5.21. The highest BCUT2D eigenvalue weighted by molar-refractivity contribution is 6.31. The van der Waals surface area contributed by atoms with Crippen molar-refractivity contribution in [2.24, 2.45) is 0 Å². The molecular formula is C16H18ClN3O2. The molecule has 2 N–H and O–H groups in total. The van der Waals surface area contributed by atoms with Crippen LogP contribution in [-0.2, 0) is 4.74 Å². The average Bonchev–Trinajstić information content (AvgIpc) is 2.51. The first-order valence-corrected chi connectivity index (χ1v) is 7.23. The van der Waals surface area contributed by atoms with Crippen LogP contribution >= 0.6 is 11.6 Å². The number of hydrogen-bond acceptors (Lipinski definition) is 4. The summed E-state index contributed by atoms with van der Waals surface area (Å²) >= 11 is 6.05. The van der Waals surface area contributed by atoms with Crippen LogP contribution in [0, 0.1) is 6.92 Å². The van der Waals surface area contributed by atoms with Gasteiger partial charge in [-0.15, -0.1) is 0 Å². The molecule has 0 radical (unpaired) electrons. The molecule has 0 aliphatic rings. The van der Waals surface area contributed by atoms with Crippen LogP contribution in [0.3, 0.4) is 0 Å². The van der Waals surface area contributed by atoms with E-state index in [0.29, 0.717) is 29.4 Å². The van der Waals surface area contributed by atoms with Crippen molar-refractivity contribution in [1.82, 2.24) is 4.98 Å². The van der Waals surface area contributed by atoms with Gasteiger partial charge in [0.15, 0.2) is 0 Å². The van der Waals surface area contributed by atoms with Crippen LogP contribution in [0.1, 0.15) is 15.9 Å². The summed E-state index contributed by atoms with van der Waals surface area (Å²) in [6.45, 7) is 3.14. The molecule has 1 heterocycles. The Morgan fingerprint density at radius 3 is 2.82 bits per heavy atom. The SMILES string of the molecule is COCCNc1cncc(C(=O)Nc2ccc(C)c(Cl)c2)c1. The number of aromatic nitrogens is 1. The van der Waals surface area contributed by atoms with E-state index in [4.69, 9.17) is 16.3 Å². The number of pyridine rings is 1. The molecule has 0 saturated carbocycles. The molecule has 2 aromatic rings. The van der Waals surface area contributed by atoms with Crippen LogP contribution in [0.5, 0.6) is 0 Å². The lowest BCUT2D eigenvalue weighted by molar-refractivity contribution is 0.102. The lowest BCUT2D eigenvalue weighted by atomic mass is 10.2. The van der Waals surface area contributed by atoms with Gasteiger partial charge in [-0.1, -0.05) is 17.7 Å². The fourth-order valence-corrected chi connectivity index (χ4v) is 2.01. The zero-order valence-corrected chi connectivity index (χ0v) is 13.3. The van der Waals surface area contributed by atoms with Crippen molar-refractivity contribution in [2.45, 2.75) is 6.92 Å². The number of methoxy groups -OCH3 is 1. The lowest BCUT2D eigenvalue weighted by Gasteiger charge is -2.09. The predicted octanol–water partition coefficient (Wildman–Crippen LogP) is 3.35. The minimum atomic E-state index is -0.234. The molecule has 1 amide bonds. The van der Waals surface area contributed by atoms with Crippen molar-refractivity contribution in [3.05, 3.63) is 52.8 Å². The summed E-state index contributed by atoms with van der Waals surface area (Å²) in [4.78, 5) is 16.3. The fourth-order valence-electron chi connectivity index (χ4n) is 1.83. The third kappa shape index (κ3) is 4.44. The number of aryl methyl sites for hydroxylation is 1. The van der Waals surface area contributed by atoms with Gasteiger partial charge in [-0.25, -0.2) is 0 Å². The maximum absolute atomic E-state index is 12.2. The lowest BCUT2D eigenvalue weighted by Crippen LogP contribution is -2.13. The van der Waals surface area contributed by atoms with Gasteiger partial charge in [0.25, 0.3) is 5.91 Å². The van der Waals surface area contributed by atoms with Gasteiger partial charge < -0.3 is 15.4 Å². The highest BCUT2D eigenvalue weighted by atomic mass is 35.5. The molecule has 0 saturated heterocycles. The predicted molar refractivity (Wildman–Crippen MR) is 88.7 cm³/mol. The molecule has 0 aliphatic heterocycles. The number of carbonyl (C=O) groups is 1. The van der Waals surface area contributed by atoms with E-state index < -0.39 is 0 Å². The zero-order valence-electron chi connectivity index (χ0n) is 12.5. The first kappa shape index (κ1) is 16.3. The van der Waals surface area contributed by atoms with Gasteiger partial charge >= 0.3 is 0 Å². The molecule has 1 aromatic carbocycles. The summed E-state index contributed by atoms with van der Waals surface area (Å²) in [5.74, 6) is -0.234. The van der Waals surface area contributed by atoms with Crippen LogP contribution in [0.4, 0.5) is 11.4 Å². The van der Waals surface area contributed by atoms with Crippen LogP contribution in [0.25, 0.3) is 0 Å². The van der Waals surface area contributed by atoms with Crippen LogP contribution in [0.2, 0.25) is 5.02 Å². The van der Waals surface area contributed by atoms with Crippen LogP contribution in [0.15, 0.2) is 36.7 Å². The number of ether oxygens (including phenoxy) is 1. The molecule has 0 bridgehead atoms. The van der Waals surface area contributed by atoms with E-state index in [1.54, 1.807) is 25.4 Å². The Hall–Kier alpha value is -2.11. The number of nitrogens with one attached hydrogen (secondary N) is 2. The summed E-state index contributed by atoms with van der Waals surface area (Å²) in [6.07, 6.45) is 3.18. The first-order chi connectivity index (χ1) is 10.6. The molecule has 0 aliphatic carbocycles. The topological polar surface area (TPSA) is 63.2 Å². The van der Waals surface area contributed by atoms with Crippen molar-refractivity contribution in [2.75, 3.05) is 30.9 Å². The normalized spacial score (nSPS) is 10.3. The Labute approximate surface area is 134 Å². The van der Waals surface area contributed by atoms with Crippen LogP contribution < -0.4 is 10.6 Å². The number of nitrogens with zero attached hydrogens (tertiary/aromatic N) is 1. The number of carbonyl (C=O) groups excluding carboxylic acids is 1. The molecule has 22 heavy (non-hydrogen) atoms. The molecule has 2 rings (SSSR count). The van der Waals surface area contributed by atoms with E-state index in [0.717, 1.165) is 11.3 Å². The highest BCUT2D eigenvalue weighted by Crippen LogP contribution is 2.20. The summed E-state index contributed by atoms with van der Waals surface area (Å²) in [7, 11) is 1.64. The molecule has 6 heteroatoms. The van der Waals surface area contributed by atoms with E-state index in [1.807, 2.05) is 19.1 Å². The number of hydrogen-bond donors (Lipinski definition) is 2. The number of halogens is 1. The van der Waals surface area contributed by atoms with Gasteiger partial charge in [0.05, 0.1) is 17.9 Å². The Balaban J connectivity index is 2.05. The Bertz CT molecular complexity index is 662. The number of amides is 1. The third-order valence-corrected chi connectivity index (χ3v) is 3.47. The molecule has 0 unspecified atom stereocenters. The fraction of sp³-hybridized carbons (Fsp3) is 0.250. The molecule has 0 fully saturated rings. The van der Waals surface area contributed by atoms with Crippen molar-refractivity contribution in [3.8, 4) is 0 Å². The molecule has 5 nitrogen and oxygen atoms in total. The summed E-state index contributed by atoms with van der Waals surface area (Å²) < 4.78 is 4.97. The smallest absolute Gasteiger partial charge is 0.257 e. The van der Waals surface area contributed by atoms with Gasteiger partial charge in [0, 0.05) is 36.8 Å². The minimum Gasteiger partial charge on any atom is -0.383 e. The average molecular weight is 320 g/mol. The van der Waals surface area contributed by atoms with E-state index >= 15 is 0 Å². The van der Waals surface area contributed by atoms with E-state index in [2.05, 4.69) is 15.6 Å². The van der Waals surface area contributed by atoms with Crippen molar-refractivity contribution in [1.29, 1.82) is 0 Å². The molecule has 0 spiro atoms. The zero-order chi connectivity index (χ0) is 15.9. The van der Waals surface area contributed by atoms with Crippen molar-refractivity contribution < 1.29 is 9.53 Å². The number of rotatable bonds is 6. The second kappa shape index (κ2) is 7.77. The van der Waals surface area contributed by atoms with Gasteiger partial charge in [-0.3, -0.25) is 9.78 Å². The van der Waals surface area contributed by atoms with Crippen molar-refractivity contribution >= 4 is 28.9 Å². The molecular weight excluding hydrogens is 302 g/mol. The Kier molecular flexibility index (Phi) is 5.75. The molecule has 1 aromatic heterocycles. The van der Waals surface area contributed by atoms with E-state index in [9.17, 15) is 4.79 Å². The molecule has 0 atom stereocenters. The summed E-state index contributed by atoms with van der Waals surface area (Å²) in [5, 5.41) is 6.55. The molecule has 116 valence electrons.